The van der Waals surface area contributed by atoms with Crippen molar-refractivity contribution in [1.29, 1.82) is 0 Å². The maximum atomic E-state index is 11.7. The largest absolute Gasteiger partial charge is 0.393 e. The molecular weight excluding hydrogens is 200 g/mol. The van der Waals surface area contributed by atoms with Crippen molar-refractivity contribution in [2.45, 2.75) is 51.9 Å². The normalized spacial score (nSPS) is 17.9. The minimum Gasteiger partial charge on any atom is -0.393 e. The first kappa shape index (κ1) is 13.9. The molecule has 0 fully saturated rings. The molecule has 0 radical (unpaired) electrons. The number of rotatable bonds is 4. The van der Waals surface area contributed by atoms with Crippen LogP contribution < -0.4 is 0 Å². The summed E-state index contributed by atoms with van der Waals surface area (Å²) in [5, 5.41) is 9.23. The number of aliphatic hydroxyl groups excluding tert-OH is 1. The third-order valence-electron chi connectivity index (χ3n) is 2.60. The van der Waals surface area contributed by atoms with Gasteiger partial charge in [0.25, 0.3) is 0 Å². The van der Waals surface area contributed by atoms with Gasteiger partial charge in [-0.1, -0.05) is 6.92 Å². The van der Waals surface area contributed by atoms with Crippen LogP contribution in [0.2, 0.25) is 0 Å². The van der Waals surface area contributed by atoms with Gasteiger partial charge < -0.3 is 5.11 Å². The van der Waals surface area contributed by atoms with Crippen molar-refractivity contribution < 1.29 is 13.5 Å². The van der Waals surface area contributed by atoms with Crippen LogP contribution in [0, 0.1) is 5.92 Å². The van der Waals surface area contributed by atoms with Crippen molar-refractivity contribution in [2.24, 2.45) is 5.92 Å². The van der Waals surface area contributed by atoms with Gasteiger partial charge >= 0.3 is 0 Å². The minimum atomic E-state index is -3.04. The molecule has 0 aromatic carbocycles. The second-order valence-corrected chi connectivity index (χ2v) is 7.80. The lowest BCUT2D eigenvalue weighted by molar-refractivity contribution is 0.133. The van der Waals surface area contributed by atoms with E-state index >= 15 is 0 Å². The van der Waals surface area contributed by atoms with Crippen LogP contribution in [0.25, 0.3) is 0 Å². The fraction of sp³-hybridized carbons (Fsp3) is 1.00. The van der Waals surface area contributed by atoms with Crippen molar-refractivity contribution in [3.05, 3.63) is 0 Å². The summed E-state index contributed by atoms with van der Waals surface area (Å²) < 4.78 is 22.7. The molecule has 0 spiro atoms. The Morgan fingerprint density at radius 2 is 1.64 bits per heavy atom. The van der Waals surface area contributed by atoms with E-state index in [4.69, 9.17) is 0 Å². The van der Waals surface area contributed by atoms with E-state index in [2.05, 4.69) is 0 Å². The Morgan fingerprint density at radius 1 is 1.21 bits per heavy atom. The van der Waals surface area contributed by atoms with E-state index in [0.29, 0.717) is 6.42 Å². The fourth-order valence-corrected chi connectivity index (χ4v) is 2.18. The quantitative estimate of drug-likeness (QED) is 0.786. The van der Waals surface area contributed by atoms with Gasteiger partial charge in [-0.25, -0.2) is 8.42 Å². The van der Waals surface area contributed by atoms with E-state index in [1.165, 1.54) is 0 Å². The van der Waals surface area contributed by atoms with E-state index in [0.717, 1.165) is 0 Å². The molecule has 0 heterocycles. The summed E-state index contributed by atoms with van der Waals surface area (Å²) in [5.41, 5.74) is 0. The number of hydrogen-bond donors (Lipinski definition) is 1. The Balaban J connectivity index is 4.29. The summed E-state index contributed by atoms with van der Waals surface area (Å²) >= 11 is 0. The molecular formula is C10H22O3S. The highest BCUT2D eigenvalue weighted by atomic mass is 32.2. The highest BCUT2D eigenvalue weighted by Crippen LogP contribution is 2.19. The van der Waals surface area contributed by atoms with E-state index in [1.807, 2.05) is 6.92 Å². The van der Waals surface area contributed by atoms with Crippen LogP contribution in [0.15, 0.2) is 0 Å². The van der Waals surface area contributed by atoms with Gasteiger partial charge in [0, 0.05) is 0 Å². The molecule has 14 heavy (non-hydrogen) atoms. The summed E-state index contributed by atoms with van der Waals surface area (Å²) in [6, 6.07) is 0. The molecule has 0 aromatic rings. The molecule has 0 aromatic heterocycles. The van der Waals surface area contributed by atoms with Crippen LogP contribution in [0.5, 0.6) is 0 Å². The molecule has 0 aliphatic rings. The molecule has 3 nitrogen and oxygen atoms in total. The maximum absolute atomic E-state index is 11.7. The molecule has 0 aliphatic carbocycles. The number of sulfone groups is 1. The van der Waals surface area contributed by atoms with Gasteiger partial charge in [0.2, 0.25) is 0 Å². The highest BCUT2D eigenvalue weighted by molar-refractivity contribution is 7.92. The monoisotopic (exact) mass is 222 g/mol. The van der Waals surface area contributed by atoms with Crippen molar-refractivity contribution in [3.8, 4) is 0 Å². The smallest absolute Gasteiger partial charge is 0.155 e. The van der Waals surface area contributed by atoms with Crippen LogP contribution >= 0.6 is 0 Å². The zero-order chi connectivity index (χ0) is 11.6. The van der Waals surface area contributed by atoms with Crippen molar-refractivity contribution in [1.82, 2.24) is 0 Å². The van der Waals surface area contributed by atoms with Crippen molar-refractivity contribution in [2.75, 3.05) is 5.75 Å². The lowest BCUT2D eigenvalue weighted by atomic mass is 10.0. The average Bonchev–Trinajstić information content (AvgIpc) is 1.97. The predicted molar refractivity (Wildman–Crippen MR) is 59.0 cm³/mol. The van der Waals surface area contributed by atoms with Crippen LogP contribution in [0.4, 0.5) is 0 Å². The Hall–Kier alpha value is -0.0900. The molecule has 0 saturated heterocycles. The molecule has 4 heteroatoms. The predicted octanol–water partition coefficient (Wildman–Crippen LogP) is 1.61. The van der Waals surface area contributed by atoms with Gasteiger partial charge in [-0.2, -0.15) is 0 Å². The Kier molecular flexibility index (Phi) is 4.59. The highest BCUT2D eigenvalue weighted by Gasteiger charge is 2.29. The number of hydrogen-bond acceptors (Lipinski definition) is 3. The number of aliphatic hydroxyl groups is 1. The molecule has 0 amide bonds. The SMILES string of the molecule is CC(O)C(C)CCS(=O)(=O)C(C)(C)C. The van der Waals surface area contributed by atoms with E-state index in [9.17, 15) is 13.5 Å². The van der Waals surface area contributed by atoms with Gasteiger partial charge in [0.15, 0.2) is 9.84 Å². The minimum absolute atomic E-state index is 0.0344. The Bertz CT molecular complexity index is 260. The van der Waals surface area contributed by atoms with Crippen molar-refractivity contribution >= 4 is 9.84 Å². The van der Waals surface area contributed by atoms with Crippen LogP contribution in [0.3, 0.4) is 0 Å². The zero-order valence-electron chi connectivity index (χ0n) is 9.74. The van der Waals surface area contributed by atoms with E-state index in [1.54, 1.807) is 27.7 Å². The van der Waals surface area contributed by atoms with Crippen LogP contribution in [0.1, 0.15) is 41.0 Å². The van der Waals surface area contributed by atoms with Crippen LogP contribution in [-0.2, 0) is 9.84 Å². The van der Waals surface area contributed by atoms with Crippen LogP contribution in [-0.4, -0.2) is 30.1 Å². The van der Waals surface area contributed by atoms with E-state index < -0.39 is 20.7 Å². The second kappa shape index (κ2) is 4.62. The maximum Gasteiger partial charge on any atom is 0.155 e. The molecule has 2 unspecified atom stereocenters. The zero-order valence-corrected chi connectivity index (χ0v) is 10.6. The van der Waals surface area contributed by atoms with Gasteiger partial charge in [-0.05, 0) is 40.0 Å². The molecule has 2 atom stereocenters. The first-order valence-electron chi connectivity index (χ1n) is 4.98. The third-order valence-corrected chi connectivity index (χ3v) is 5.24. The van der Waals surface area contributed by atoms with E-state index in [-0.39, 0.29) is 11.7 Å². The standard InChI is InChI=1S/C10H22O3S/c1-8(9(2)11)6-7-14(12,13)10(3,4)5/h8-9,11H,6-7H2,1-5H3. The average molecular weight is 222 g/mol. The summed E-state index contributed by atoms with van der Waals surface area (Å²) in [7, 11) is -3.04. The Morgan fingerprint density at radius 3 is 1.93 bits per heavy atom. The lowest BCUT2D eigenvalue weighted by Crippen LogP contribution is -2.31. The summed E-state index contributed by atoms with van der Waals surface area (Å²) in [6.45, 7) is 8.66. The molecule has 0 bridgehead atoms. The first-order valence-corrected chi connectivity index (χ1v) is 6.63. The topological polar surface area (TPSA) is 54.4 Å². The van der Waals surface area contributed by atoms with Gasteiger partial charge in [-0.3, -0.25) is 0 Å². The molecule has 0 saturated carbocycles. The molecule has 1 N–H and O–H groups in total. The van der Waals surface area contributed by atoms with Gasteiger partial charge in [0.1, 0.15) is 0 Å². The molecule has 86 valence electrons. The van der Waals surface area contributed by atoms with Gasteiger partial charge in [-0.15, -0.1) is 0 Å². The first-order chi connectivity index (χ1) is 6.08. The Labute approximate surface area is 87.4 Å². The third kappa shape index (κ3) is 3.96. The second-order valence-electron chi connectivity index (χ2n) is 4.94. The molecule has 0 aliphatic heterocycles. The van der Waals surface area contributed by atoms with Gasteiger partial charge in [0.05, 0.1) is 16.6 Å². The summed E-state index contributed by atoms with van der Waals surface area (Å²) in [6.07, 6.45) is 0.0854. The summed E-state index contributed by atoms with van der Waals surface area (Å²) in [4.78, 5) is 0. The fourth-order valence-electron chi connectivity index (χ4n) is 0.888. The summed E-state index contributed by atoms with van der Waals surface area (Å²) in [5.74, 6) is 0.190. The molecule has 0 rings (SSSR count). The lowest BCUT2D eigenvalue weighted by Gasteiger charge is -2.21. The van der Waals surface area contributed by atoms with Crippen molar-refractivity contribution in [3.63, 3.8) is 0 Å².